The quantitative estimate of drug-likeness (QED) is 0.763. The topological polar surface area (TPSA) is 91.0 Å². The molecule has 3 heterocycles. The summed E-state index contributed by atoms with van der Waals surface area (Å²) in [5.41, 5.74) is 1.98. The summed E-state index contributed by atoms with van der Waals surface area (Å²) in [7, 11) is 0. The Kier molecular flexibility index (Phi) is 3.68. The van der Waals surface area contributed by atoms with Gasteiger partial charge < -0.3 is 5.32 Å². The number of aromatic amines is 1. The lowest BCUT2D eigenvalue weighted by molar-refractivity contribution is -0.118. The van der Waals surface area contributed by atoms with Gasteiger partial charge in [0, 0.05) is 18.0 Å². The first-order chi connectivity index (χ1) is 12.1. The number of fused-ring (bicyclic) bond motifs is 1. The minimum atomic E-state index is -0.540. The van der Waals surface area contributed by atoms with Crippen molar-refractivity contribution >= 4 is 28.5 Å². The van der Waals surface area contributed by atoms with Gasteiger partial charge in [-0.2, -0.15) is 5.10 Å². The third kappa shape index (κ3) is 2.73. The van der Waals surface area contributed by atoms with E-state index in [1.165, 1.54) is 0 Å². The fourth-order valence-corrected chi connectivity index (χ4v) is 3.13. The summed E-state index contributed by atoms with van der Waals surface area (Å²) in [6.45, 7) is 2.34. The van der Waals surface area contributed by atoms with E-state index in [1.54, 1.807) is 24.1 Å². The summed E-state index contributed by atoms with van der Waals surface area (Å²) in [4.78, 5) is 31.3. The Morgan fingerprint density at radius 3 is 2.96 bits per heavy atom. The molecule has 2 aromatic heterocycles. The van der Waals surface area contributed by atoms with Crippen LogP contribution in [0.3, 0.4) is 0 Å². The maximum atomic E-state index is 12.7. The van der Waals surface area contributed by atoms with Crippen LogP contribution in [0, 0.1) is 6.92 Å². The van der Waals surface area contributed by atoms with E-state index in [0.717, 1.165) is 10.9 Å². The predicted molar refractivity (Wildman–Crippen MR) is 93.3 cm³/mol. The van der Waals surface area contributed by atoms with Crippen LogP contribution in [0.4, 0.5) is 5.82 Å². The summed E-state index contributed by atoms with van der Waals surface area (Å²) in [6.07, 6.45) is 2.16. The number of anilines is 1. The summed E-state index contributed by atoms with van der Waals surface area (Å²) < 4.78 is 0. The molecule has 0 bridgehead atoms. The molecule has 1 fully saturated rings. The highest BCUT2D eigenvalue weighted by atomic mass is 16.2. The molecule has 2 N–H and O–H groups in total. The van der Waals surface area contributed by atoms with E-state index in [2.05, 4.69) is 20.5 Å². The molecular weight excluding hydrogens is 318 g/mol. The standard InChI is InChI=1S/C18H17N5O2/c1-11-13(10-12-4-2-3-5-14(12)20-11)17(24)21-15-7-9-23(18(15)25)16-6-8-19-22-16/h2-6,8,10,15H,7,9H2,1H3,(H,19,22)(H,21,24). The maximum Gasteiger partial charge on any atom is 0.253 e. The largest absolute Gasteiger partial charge is 0.340 e. The Hall–Kier alpha value is -3.22. The number of benzene rings is 1. The number of nitrogens with zero attached hydrogens (tertiary/aromatic N) is 3. The highest BCUT2D eigenvalue weighted by Gasteiger charge is 2.34. The molecule has 0 aliphatic carbocycles. The van der Waals surface area contributed by atoms with Crippen LogP contribution < -0.4 is 10.2 Å². The molecular formula is C18H17N5O2. The van der Waals surface area contributed by atoms with Gasteiger partial charge in [-0.3, -0.25) is 24.6 Å². The summed E-state index contributed by atoms with van der Waals surface area (Å²) in [5.74, 6) is 0.231. The van der Waals surface area contributed by atoms with Crippen molar-refractivity contribution in [2.75, 3.05) is 11.4 Å². The summed E-state index contributed by atoms with van der Waals surface area (Å²) >= 11 is 0. The lowest BCUT2D eigenvalue weighted by atomic mass is 10.1. The molecule has 0 spiro atoms. The number of aryl methyl sites for hydroxylation is 1. The number of carbonyl (C=O) groups excluding carboxylic acids is 2. The predicted octanol–water partition coefficient (Wildman–Crippen LogP) is 1.80. The molecule has 3 aromatic rings. The van der Waals surface area contributed by atoms with Crippen LogP contribution in [0.25, 0.3) is 10.9 Å². The zero-order valence-corrected chi connectivity index (χ0v) is 13.7. The molecule has 0 radical (unpaired) electrons. The second kappa shape index (κ2) is 6.01. The number of carbonyl (C=O) groups is 2. The fraction of sp³-hybridized carbons (Fsp3) is 0.222. The van der Waals surface area contributed by atoms with Crippen molar-refractivity contribution in [3.8, 4) is 0 Å². The first kappa shape index (κ1) is 15.3. The molecule has 0 saturated carbocycles. The number of amides is 2. The molecule has 1 aliphatic rings. The average molecular weight is 335 g/mol. The van der Waals surface area contributed by atoms with Crippen molar-refractivity contribution in [3.63, 3.8) is 0 Å². The van der Waals surface area contributed by atoms with Gasteiger partial charge in [0.1, 0.15) is 11.9 Å². The van der Waals surface area contributed by atoms with Gasteiger partial charge >= 0.3 is 0 Å². The van der Waals surface area contributed by atoms with E-state index in [9.17, 15) is 9.59 Å². The van der Waals surface area contributed by atoms with E-state index in [0.29, 0.717) is 30.0 Å². The number of pyridine rings is 1. The SMILES string of the molecule is Cc1nc2ccccc2cc1C(=O)NC1CCN(c2ccn[nH]2)C1=O. The minimum absolute atomic E-state index is 0.135. The maximum absolute atomic E-state index is 12.7. The molecule has 1 aliphatic heterocycles. The van der Waals surface area contributed by atoms with Gasteiger partial charge in [-0.1, -0.05) is 18.2 Å². The Morgan fingerprint density at radius 2 is 2.16 bits per heavy atom. The Morgan fingerprint density at radius 1 is 1.32 bits per heavy atom. The van der Waals surface area contributed by atoms with E-state index >= 15 is 0 Å². The number of hydrogen-bond donors (Lipinski definition) is 2. The van der Waals surface area contributed by atoms with Crippen molar-refractivity contribution in [1.82, 2.24) is 20.5 Å². The van der Waals surface area contributed by atoms with Crippen molar-refractivity contribution in [1.29, 1.82) is 0 Å². The number of hydrogen-bond acceptors (Lipinski definition) is 4. The van der Waals surface area contributed by atoms with Gasteiger partial charge in [-0.05, 0) is 25.5 Å². The summed E-state index contributed by atoms with van der Waals surface area (Å²) in [5, 5.41) is 10.4. The number of para-hydroxylation sites is 1. The second-order valence-corrected chi connectivity index (χ2v) is 6.06. The van der Waals surface area contributed by atoms with Gasteiger partial charge in [-0.25, -0.2) is 0 Å². The fourth-order valence-electron chi connectivity index (χ4n) is 3.13. The number of nitrogens with one attached hydrogen (secondary N) is 2. The smallest absolute Gasteiger partial charge is 0.253 e. The first-order valence-electron chi connectivity index (χ1n) is 8.11. The molecule has 2 amide bonds. The van der Waals surface area contributed by atoms with Crippen LogP contribution in [0.2, 0.25) is 0 Å². The Bertz CT molecular complexity index is 951. The van der Waals surface area contributed by atoms with Crippen LogP contribution in [-0.2, 0) is 4.79 Å². The zero-order chi connectivity index (χ0) is 17.4. The lowest BCUT2D eigenvalue weighted by Crippen LogP contribution is -2.41. The van der Waals surface area contributed by atoms with E-state index in [-0.39, 0.29) is 11.8 Å². The Balaban J connectivity index is 1.54. The zero-order valence-electron chi connectivity index (χ0n) is 13.7. The van der Waals surface area contributed by atoms with Gasteiger partial charge in [0.25, 0.3) is 11.8 Å². The molecule has 25 heavy (non-hydrogen) atoms. The van der Waals surface area contributed by atoms with Crippen molar-refractivity contribution in [3.05, 3.63) is 53.9 Å². The summed E-state index contributed by atoms with van der Waals surface area (Å²) in [6, 6.07) is 10.7. The molecule has 7 heteroatoms. The number of rotatable bonds is 3. The number of H-pyrrole nitrogens is 1. The highest BCUT2D eigenvalue weighted by Crippen LogP contribution is 2.20. The van der Waals surface area contributed by atoms with Crippen molar-refractivity contribution < 1.29 is 9.59 Å². The van der Waals surface area contributed by atoms with Crippen molar-refractivity contribution in [2.45, 2.75) is 19.4 Å². The van der Waals surface area contributed by atoms with E-state index < -0.39 is 6.04 Å². The lowest BCUT2D eigenvalue weighted by Gasteiger charge is -2.15. The van der Waals surface area contributed by atoms with Crippen LogP contribution in [0.5, 0.6) is 0 Å². The van der Waals surface area contributed by atoms with Gasteiger partial charge in [0.15, 0.2) is 0 Å². The molecule has 4 rings (SSSR count). The third-order valence-corrected chi connectivity index (χ3v) is 4.45. The average Bonchev–Trinajstić information content (AvgIpc) is 3.25. The Labute approximate surface area is 144 Å². The normalized spacial score (nSPS) is 17.2. The van der Waals surface area contributed by atoms with Crippen LogP contribution in [0.1, 0.15) is 22.5 Å². The monoisotopic (exact) mass is 335 g/mol. The highest BCUT2D eigenvalue weighted by molar-refractivity contribution is 6.04. The van der Waals surface area contributed by atoms with Gasteiger partial charge in [0.2, 0.25) is 0 Å². The molecule has 1 aromatic carbocycles. The van der Waals surface area contributed by atoms with E-state index in [4.69, 9.17) is 0 Å². The van der Waals surface area contributed by atoms with Gasteiger partial charge in [-0.15, -0.1) is 0 Å². The molecule has 126 valence electrons. The van der Waals surface area contributed by atoms with Crippen molar-refractivity contribution in [2.24, 2.45) is 0 Å². The van der Waals surface area contributed by atoms with Gasteiger partial charge in [0.05, 0.1) is 23.0 Å². The second-order valence-electron chi connectivity index (χ2n) is 6.06. The minimum Gasteiger partial charge on any atom is -0.340 e. The number of aromatic nitrogens is 3. The molecule has 1 atom stereocenters. The third-order valence-electron chi connectivity index (χ3n) is 4.45. The molecule has 1 unspecified atom stereocenters. The van der Waals surface area contributed by atoms with Crippen LogP contribution >= 0.6 is 0 Å². The van der Waals surface area contributed by atoms with E-state index in [1.807, 2.05) is 30.3 Å². The molecule has 1 saturated heterocycles. The first-order valence-corrected chi connectivity index (χ1v) is 8.11. The van der Waals surface area contributed by atoms with Crippen LogP contribution in [-0.4, -0.2) is 39.6 Å². The van der Waals surface area contributed by atoms with Crippen LogP contribution in [0.15, 0.2) is 42.6 Å². The molecule has 7 nitrogen and oxygen atoms in total.